The van der Waals surface area contributed by atoms with Crippen LogP contribution in [0.1, 0.15) is 21.7 Å². The van der Waals surface area contributed by atoms with Gasteiger partial charge in [0.25, 0.3) is 5.91 Å². The molecular formula is C21H17ClN8O2S. The molecule has 2 aromatic carbocycles. The number of halogens is 1. The van der Waals surface area contributed by atoms with Crippen molar-refractivity contribution >= 4 is 47.4 Å². The Morgan fingerprint density at radius 1 is 1.18 bits per heavy atom. The first-order chi connectivity index (χ1) is 16.1. The maximum atomic E-state index is 12.7. The van der Waals surface area contributed by atoms with Crippen molar-refractivity contribution in [3.05, 3.63) is 82.6 Å². The normalized spacial score (nSPS) is 11.4. The maximum Gasteiger partial charge on any atom is 0.293 e. The molecule has 166 valence electrons. The fourth-order valence-corrected chi connectivity index (χ4v) is 3.73. The van der Waals surface area contributed by atoms with E-state index in [-0.39, 0.29) is 17.3 Å². The molecule has 0 saturated carbocycles. The third kappa shape index (κ3) is 5.64. The molecule has 2 aromatic heterocycles. The summed E-state index contributed by atoms with van der Waals surface area (Å²) in [5, 5.41) is 19.9. The molecule has 12 heteroatoms. The number of nitrogens with zero attached hydrogens (tertiary/aromatic N) is 6. The van der Waals surface area contributed by atoms with E-state index in [1.54, 1.807) is 18.2 Å². The van der Waals surface area contributed by atoms with Crippen molar-refractivity contribution in [1.29, 1.82) is 0 Å². The second-order valence-corrected chi connectivity index (χ2v) is 7.99. The summed E-state index contributed by atoms with van der Waals surface area (Å²) in [5.41, 5.74) is 9.79. The average molecular weight is 481 g/mol. The van der Waals surface area contributed by atoms with Crippen molar-refractivity contribution in [3.8, 4) is 5.82 Å². The Labute approximate surface area is 197 Å². The van der Waals surface area contributed by atoms with Crippen LogP contribution in [0.2, 0.25) is 5.02 Å². The van der Waals surface area contributed by atoms with Crippen molar-refractivity contribution in [2.75, 3.05) is 5.73 Å². The first kappa shape index (κ1) is 22.2. The molecule has 0 unspecified atom stereocenters. The van der Waals surface area contributed by atoms with Crippen molar-refractivity contribution in [1.82, 2.24) is 30.7 Å². The summed E-state index contributed by atoms with van der Waals surface area (Å²) in [4.78, 5) is 13.7. The van der Waals surface area contributed by atoms with E-state index in [1.807, 2.05) is 48.5 Å². The van der Waals surface area contributed by atoms with Gasteiger partial charge in [0.15, 0.2) is 5.69 Å². The summed E-state index contributed by atoms with van der Waals surface area (Å²) in [6, 6.07) is 17.0. The van der Waals surface area contributed by atoms with Gasteiger partial charge in [-0.1, -0.05) is 53.2 Å². The number of hydrazone groups is 1. The Bertz CT molecular complexity index is 1290. The van der Waals surface area contributed by atoms with Gasteiger partial charge in [-0.05, 0) is 46.2 Å². The molecule has 0 saturated heterocycles. The first-order valence-corrected chi connectivity index (χ1v) is 10.9. The summed E-state index contributed by atoms with van der Waals surface area (Å²) in [6.45, 7) is 0. The minimum atomic E-state index is -0.535. The van der Waals surface area contributed by atoms with Crippen LogP contribution < -0.4 is 11.2 Å². The number of allylic oxidation sites excluding steroid dienone is 1. The highest BCUT2D eigenvalue weighted by molar-refractivity contribution is 7.98. The zero-order valence-electron chi connectivity index (χ0n) is 17.0. The van der Waals surface area contributed by atoms with E-state index < -0.39 is 5.91 Å². The highest BCUT2D eigenvalue weighted by atomic mass is 35.5. The predicted octanol–water partition coefficient (Wildman–Crippen LogP) is 3.61. The molecule has 0 radical (unpaired) electrons. The van der Waals surface area contributed by atoms with E-state index in [1.165, 1.54) is 22.7 Å². The van der Waals surface area contributed by atoms with Crippen molar-refractivity contribution in [2.24, 2.45) is 5.10 Å². The fourth-order valence-electron chi connectivity index (χ4n) is 2.71. The topological polar surface area (TPSA) is 137 Å². The summed E-state index contributed by atoms with van der Waals surface area (Å²) in [7, 11) is 0. The second kappa shape index (κ2) is 10.6. The number of rotatable bonds is 8. The Morgan fingerprint density at radius 3 is 2.70 bits per heavy atom. The predicted molar refractivity (Wildman–Crippen MR) is 126 cm³/mol. The molecule has 1 amide bonds. The molecule has 4 rings (SSSR count). The molecule has 0 atom stereocenters. The Kier molecular flexibility index (Phi) is 7.12. The molecule has 0 fully saturated rings. The zero-order valence-corrected chi connectivity index (χ0v) is 18.6. The van der Waals surface area contributed by atoms with Gasteiger partial charge in [0, 0.05) is 21.9 Å². The van der Waals surface area contributed by atoms with E-state index in [4.69, 9.17) is 17.3 Å². The van der Waals surface area contributed by atoms with Gasteiger partial charge in [-0.25, -0.2) is 10.1 Å². The van der Waals surface area contributed by atoms with Gasteiger partial charge in [-0.15, -0.1) is 16.9 Å². The zero-order chi connectivity index (χ0) is 23.0. The molecule has 0 aliphatic rings. The van der Waals surface area contributed by atoms with Gasteiger partial charge >= 0.3 is 0 Å². The number of nitrogen functional groups attached to an aromatic ring is 1. The summed E-state index contributed by atoms with van der Waals surface area (Å²) >= 11 is 7.41. The number of carbonyl (C=O) groups excluding carboxylic acids is 1. The number of hydrogen-bond acceptors (Lipinski definition) is 9. The minimum absolute atomic E-state index is 0.0219. The van der Waals surface area contributed by atoms with Crippen LogP contribution in [0.5, 0.6) is 0 Å². The van der Waals surface area contributed by atoms with Gasteiger partial charge in [0.2, 0.25) is 11.6 Å². The summed E-state index contributed by atoms with van der Waals surface area (Å²) < 4.78 is 5.98. The van der Waals surface area contributed by atoms with Crippen LogP contribution in [0.15, 0.2) is 75.3 Å². The monoisotopic (exact) mass is 480 g/mol. The summed E-state index contributed by atoms with van der Waals surface area (Å²) in [5.74, 6) is -0.0371. The number of nitrogens with two attached hydrogens (primary N) is 1. The second-order valence-electron chi connectivity index (χ2n) is 6.50. The molecule has 3 N–H and O–H groups in total. The third-order valence-corrected chi connectivity index (χ3v) is 5.55. The summed E-state index contributed by atoms with van der Waals surface area (Å²) in [6.07, 6.45) is 5.04. The van der Waals surface area contributed by atoms with Crippen LogP contribution in [-0.2, 0) is 5.75 Å². The number of amides is 1. The standard InChI is InChI=1S/C21H17ClN8O2S/c22-15-8-10-16(11-9-15)33-13-17-18(25-29-30(17)20-19(23)27-32-28-20)21(31)26-24-12-4-7-14-5-2-1-3-6-14/h1-12H,13H2,(H2,23,27)(H,26,31). The lowest BCUT2D eigenvalue weighted by atomic mass is 10.2. The smallest absolute Gasteiger partial charge is 0.293 e. The van der Waals surface area contributed by atoms with Crippen LogP contribution in [-0.4, -0.2) is 37.4 Å². The van der Waals surface area contributed by atoms with Gasteiger partial charge in [-0.2, -0.15) is 9.78 Å². The van der Waals surface area contributed by atoms with Gasteiger partial charge < -0.3 is 5.73 Å². The molecule has 0 aliphatic heterocycles. The van der Waals surface area contributed by atoms with E-state index >= 15 is 0 Å². The number of benzene rings is 2. The fraction of sp³-hybridized carbons (Fsp3) is 0.0476. The lowest BCUT2D eigenvalue weighted by molar-refractivity contribution is 0.0949. The minimum Gasteiger partial charge on any atom is -0.378 e. The van der Waals surface area contributed by atoms with Crippen molar-refractivity contribution in [2.45, 2.75) is 10.6 Å². The van der Waals surface area contributed by atoms with Gasteiger partial charge in [0.1, 0.15) is 0 Å². The Morgan fingerprint density at radius 2 is 1.97 bits per heavy atom. The van der Waals surface area contributed by atoms with E-state index in [9.17, 15) is 4.79 Å². The Balaban J connectivity index is 1.51. The molecule has 33 heavy (non-hydrogen) atoms. The number of hydrogen-bond donors (Lipinski definition) is 2. The molecule has 0 aliphatic carbocycles. The van der Waals surface area contributed by atoms with Crippen LogP contribution >= 0.6 is 23.4 Å². The molecule has 0 spiro atoms. The van der Waals surface area contributed by atoms with Crippen LogP contribution in [0.3, 0.4) is 0 Å². The number of aromatic nitrogens is 5. The first-order valence-electron chi connectivity index (χ1n) is 9.58. The van der Waals surface area contributed by atoms with Gasteiger partial charge in [0.05, 0.1) is 5.69 Å². The molecular weight excluding hydrogens is 464 g/mol. The largest absolute Gasteiger partial charge is 0.378 e. The molecule has 0 bridgehead atoms. The van der Waals surface area contributed by atoms with Crippen molar-refractivity contribution < 1.29 is 9.42 Å². The SMILES string of the molecule is Nc1nonc1-n1nnc(C(=O)NN=CC=Cc2ccccc2)c1CSc1ccc(Cl)cc1. The lowest BCUT2D eigenvalue weighted by Crippen LogP contribution is -2.20. The maximum absolute atomic E-state index is 12.7. The van der Waals surface area contributed by atoms with E-state index in [0.29, 0.717) is 16.5 Å². The average Bonchev–Trinajstić information content (AvgIpc) is 3.44. The highest BCUT2D eigenvalue weighted by Gasteiger charge is 2.23. The quantitative estimate of drug-likeness (QED) is 0.221. The van der Waals surface area contributed by atoms with Gasteiger partial charge in [-0.3, -0.25) is 4.79 Å². The molecule has 4 aromatic rings. The Hall–Kier alpha value is -3.96. The molecule has 2 heterocycles. The van der Waals surface area contributed by atoms with Crippen molar-refractivity contribution in [3.63, 3.8) is 0 Å². The van der Waals surface area contributed by atoms with E-state index in [0.717, 1.165) is 10.5 Å². The number of thioether (sulfide) groups is 1. The van der Waals surface area contributed by atoms with Crippen LogP contribution in [0, 0.1) is 0 Å². The number of nitrogens with one attached hydrogen (secondary N) is 1. The van der Waals surface area contributed by atoms with Crippen LogP contribution in [0.25, 0.3) is 11.9 Å². The third-order valence-electron chi connectivity index (χ3n) is 4.28. The lowest BCUT2D eigenvalue weighted by Gasteiger charge is -2.06. The number of anilines is 1. The highest BCUT2D eigenvalue weighted by Crippen LogP contribution is 2.27. The van der Waals surface area contributed by atoms with Crippen LogP contribution in [0.4, 0.5) is 5.82 Å². The number of carbonyl (C=O) groups is 1. The molecule has 10 nitrogen and oxygen atoms in total. The van der Waals surface area contributed by atoms with E-state index in [2.05, 4.69) is 35.8 Å².